The third-order valence-corrected chi connectivity index (χ3v) is 4.65. The van der Waals surface area contributed by atoms with E-state index in [0.29, 0.717) is 31.5 Å². The summed E-state index contributed by atoms with van der Waals surface area (Å²) in [6.45, 7) is 0.233. The van der Waals surface area contributed by atoms with Crippen LogP contribution in [0.2, 0.25) is 15.1 Å². The number of carbonyl (C=O) groups excluding carboxylic acids is 1. The minimum Gasteiger partial charge on any atom is -0.486 e. The Labute approximate surface area is 162 Å². The highest BCUT2D eigenvalue weighted by Gasteiger charge is 2.14. The lowest BCUT2D eigenvalue weighted by atomic mass is 10.2. The van der Waals surface area contributed by atoms with E-state index in [9.17, 15) is 4.79 Å². The molecular formula is C16H10Cl3N3O2S. The number of hydrogen-bond donors (Lipinski definition) is 1. The molecule has 0 bridgehead atoms. The van der Waals surface area contributed by atoms with E-state index in [0.717, 1.165) is 0 Å². The van der Waals surface area contributed by atoms with Crippen molar-refractivity contribution in [2.24, 2.45) is 0 Å². The van der Waals surface area contributed by atoms with Crippen molar-refractivity contribution in [2.75, 3.05) is 5.32 Å². The van der Waals surface area contributed by atoms with E-state index < -0.39 is 0 Å². The Kier molecular flexibility index (Phi) is 5.75. The Morgan fingerprint density at radius 3 is 2.48 bits per heavy atom. The van der Waals surface area contributed by atoms with E-state index in [1.54, 1.807) is 36.4 Å². The molecule has 0 aliphatic rings. The van der Waals surface area contributed by atoms with Crippen molar-refractivity contribution < 1.29 is 9.53 Å². The fourth-order valence-electron chi connectivity index (χ4n) is 1.88. The standard InChI is InChI=1S/C16H10Cl3N3O2S/c17-9-1-4-11(5-2-9)24-8-14-21-22-16(25-14)20-15(23)12-6-3-10(18)7-13(12)19/h1-7H,8H2,(H,20,22,23). The summed E-state index contributed by atoms with van der Waals surface area (Å²) in [5.41, 5.74) is 0.306. The van der Waals surface area contributed by atoms with Gasteiger partial charge in [-0.1, -0.05) is 46.1 Å². The first-order valence-corrected chi connectivity index (χ1v) is 8.93. The third-order valence-electron chi connectivity index (χ3n) is 3.04. The summed E-state index contributed by atoms with van der Waals surface area (Å²) in [6, 6.07) is 11.6. The van der Waals surface area contributed by atoms with Gasteiger partial charge in [0.15, 0.2) is 5.01 Å². The van der Waals surface area contributed by atoms with Gasteiger partial charge in [-0.05, 0) is 42.5 Å². The monoisotopic (exact) mass is 413 g/mol. The molecule has 3 aromatic rings. The topological polar surface area (TPSA) is 64.1 Å². The molecule has 0 aliphatic heterocycles. The molecule has 0 radical (unpaired) electrons. The van der Waals surface area contributed by atoms with Crippen LogP contribution in [0, 0.1) is 0 Å². The van der Waals surface area contributed by atoms with Gasteiger partial charge < -0.3 is 4.74 Å². The fraction of sp³-hybridized carbons (Fsp3) is 0.0625. The molecular weight excluding hydrogens is 405 g/mol. The van der Waals surface area contributed by atoms with Crippen molar-refractivity contribution in [1.29, 1.82) is 0 Å². The second kappa shape index (κ2) is 8.01. The molecule has 0 atom stereocenters. The SMILES string of the molecule is O=C(Nc1nnc(COc2ccc(Cl)cc2)s1)c1ccc(Cl)cc1Cl. The van der Waals surface area contributed by atoms with Crippen LogP contribution < -0.4 is 10.1 Å². The van der Waals surface area contributed by atoms with Gasteiger partial charge in [0.25, 0.3) is 5.91 Å². The maximum atomic E-state index is 12.2. The molecule has 0 aliphatic carbocycles. The molecule has 0 fully saturated rings. The summed E-state index contributed by atoms with van der Waals surface area (Å²) in [6.07, 6.45) is 0. The van der Waals surface area contributed by atoms with Crippen LogP contribution in [-0.2, 0) is 6.61 Å². The highest BCUT2D eigenvalue weighted by Crippen LogP contribution is 2.24. The van der Waals surface area contributed by atoms with Gasteiger partial charge in [0.1, 0.15) is 12.4 Å². The van der Waals surface area contributed by atoms with Gasteiger partial charge in [0.05, 0.1) is 10.6 Å². The maximum absolute atomic E-state index is 12.2. The number of anilines is 1. The Bertz CT molecular complexity index is 900. The number of rotatable bonds is 5. The summed E-state index contributed by atoms with van der Waals surface area (Å²) in [5, 5.41) is 12.9. The predicted molar refractivity (Wildman–Crippen MR) is 100 cm³/mol. The maximum Gasteiger partial charge on any atom is 0.259 e. The number of halogens is 3. The molecule has 25 heavy (non-hydrogen) atoms. The number of nitrogens with zero attached hydrogens (tertiary/aromatic N) is 2. The Balaban J connectivity index is 1.61. The largest absolute Gasteiger partial charge is 0.486 e. The molecule has 1 aromatic heterocycles. The van der Waals surface area contributed by atoms with E-state index >= 15 is 0 Å². The van der Waals surface area contributed by atoms with Crippen LogP contribution >= 0.6 is 46.1 Å². The number of ether oxygens (including phenoxy) is 1. The lowest BCUT2D eigenvalue weighted by Crippen LogP contribution is -2.12. The molecule has 1 heterocycles. The van der Waals surface area contributed by atoms with E-state index in [-0.39, 0.29) is 17.5 Å². The van der Waals surface area contributed by atoms with E-state index in [2.05, 4.69) is 15.5 Å². The molecule has 1 amide bonds. The van der Waals surface area contributed by atoms with Crippen LogP contribution in [0.3, 0.4) is 0 Å². The fourth-order valence-corrected chi connectivity index (χ4v) is 3.14. The Morgan fingerprint density at radius 2 is 1.76 bits per heavy atom. The van der Waals surface area contributed by atoms with Crippen molar-refractivity contribution >= 4 is 57.2 Å². The van der Waals surface area contributed by atoms with Crippen LogP contribution in [0.4, 0.5) is 5.13 Å². The van der Waals surface area contributed by atoms with Crippen LogP contribution in [0.25, 0.3) is 0 Å². The van der Waals surface area contributed by atoms with Gasteiger partial charge in [0.2, 0.25) is 5.13 Å². The summed E-state index contributed by atoms with van der Waals surface area (Å²) >= 11 is 18.9. The average Bonchev–Trinajstić information content (AvgIpc) is 3.01. The van der Waals surface area contributed by atoms with Gasteiger partial charge in [-0.25, -0.2) is 0 Å². The summed E-state index contributed by atoms with van der Waals surface area (Å²) in [7, 11) is 0. The second-order valence-electron chi connectivity index (χ2n) is 4.82. The first-order chi connectivity index (χ1) is 12.0. The number of carbonyl (C=O) groups is 1. The first kappa shape index (κ1) is 17.9. The number of aromatic nitrogens is 2. The van der Waals surface area contributed by atoms with Gasteiger partial charge in [-0.2, -0.15) is 0 Å². The van der Waals surface area contributed by atoms with Gasteiger partial charge >= 0.3 is 0 Å². The van der Waals surface area contributed by atoms with Crippen LogP contribution in [-0.4, -0.2) is 16.1 Å². The molecule has 128 valence electrons. The van der Waals surface area contributed by atoms with Crippen molar-refractivity contribution in [1.82, 2.24) is 10.2 Å². The minimum atomic E-state index is -0.386. The summed E-state index contributed by atoms with van der Waals surface area (Å²) in [5.74, 6) is 0.279. The van der Waals surface area contributed by atoms with Crippen molar-refractivity contribution in [3.63, 3.8) is 0 Å². The van der Waals surface area contributed by atoms with Crippen molar-refractivity contribution in [2.45, 2.75) is 6.61 Å². The third kappa shape index (κ3) is 4.83. The summed E-state index contributed by atoms with van der Waals surface area (Å²) in [4.78, 5) is 12.2. The average molecular weight is 415 g/mol. The lowest BCUT2D eigenvalue weighted by molar-refractivity contribution is 0.102. The van der Waals surface area contributed by atoms with Gasteiger partial charge in [0, 0.05) is 10.0 Å². The molecule has 1 N–H and O–H groups in total. The van der Waals surface area contributed by atoms with Gasteiger partial charge in [-0.15, -0.1) is 10.2 Å². The van der Waals surface area contributed by atoms with Crippen LogP contribution in [0.15, 0.2) is 42.5 Å². The van der Waals surface area contributed by atoms with E-state index in [1.807, 2.05) is 0 Å². The van der Waals surface area contributed by atoms with Crippen molar-refractivity contribution in [3.8, 4) is 5.75 Å². The normalized spacial score (nSPS) is 10.5. The van der Waals surface area contributed by atoms with Crippen molar-refractivity contribution in [3.05, 3.63) is 68.1 Å². The molecule has 0 unspecified atom stereocenters. The zero-order chi connectivity index (χ0) is 17.8. The number of amides is 1. The zero-order valence-corrected chi connectivity index (χ0v) is 15.6. The number of hydrogen-bond acceptors (Lipinski definition) is 5. The summed E-state index contributed by atoms with van der Waals surface area (Å²) < 4.78 is 5.58. The second-order valence-corrected chi connectivity index (χ2v) is 7.16. The van der Waals surface area contributed by atoms with E-state index in [1.165, 1.54) is 17.4 Å². The quantitative estimate of drug-likeness (QED) is 0.613. The lowest BCUT2D eigenvalue weighted by Gasteiger charge is -2.04. The molecule has 9 heteroatoms. The van der Waals surface area contributed by atoms with Crippen LogP contribution in [0.5, 0.6) is 5.75 Å². The first-order valence-electron chi connectivity index (χ1n) is 6.98. The molecule has 0 spiro atoms. The smallest absolute Gasteiger partial charge is 0.259 e. The van der Waals surface area contributed by atoms with Gasteiger partial charge in [-0.3, -0.25) is 10.1 Å². The molecule has 5 nitrogen and oxygen atoms in total. The highest BCUT2D eigenvalue weighted by atomic mass is 35.5. The number of benzene rings is 2. The Hall–Kier alpha value is -1.86. The molecule has 0 saturated carbocycles. The highest BCUT2D eigenvalue weighted by molar-refractivity contribution is 7.15. The molecule has 2 aromatic carbocycles. The van der Waals surface area contributed by atoms with Crippen LogP contribution in [0.1, 0.15) is 15.4 Å². The van der Waals surface area contributed by atoms with E-state index in [4.69, 9.17) is 39.5 Å². The molecule has 3 rings (SSSR count). The molecule has 0 saturated heterocycles. The predicted octanol–water partition coefficient (Wildman–Crippen LogP) is 5.33. The zero-order valence-electron chi connectivity index (χ0n) is 12.5. The minimum absolute atomic E-state index is 0.233. The number of nitrogens with one attached hydrogen (secondary N) is 1. The Morgan fingerprint density at radius 1 is 1.04 bits per heavy atom.